The first-order valence-corrected chi connectivity index (χ1v) is 10.4. The highest BCUT2D eigenvalue weighted by Crippen LogP contribution is 2.31. The summed E-state index contributed by atoms with van der Waals surface area (Å²) in [5.41, 5.74) is 11.5. The van der Waals surface area contributed by atoms with Crippen molar-refractivity contribution < 1.29 is 4.79 Å². The monoisotopic (exact) mass is 385 g/mol. The van der Waals surface area contributed by atoms with Crippen LogP contribution in [0, 0.1) is 0 Å². The molecule has 1 aliphatic rings. The smallest absolute Gasteiger partial charge is 0.250 e. The number of rotatable bonds is 6. The van der Waals surface area contributed by atoms with Gasteiger partial charge in [-0.15, -0.1) is 0 Å². The number of carbonyl (C=O) groups is 1. The molecule has 4 nitrogen and oxygen atoms in total. The average molecular weight is 386 g/mol. The molecule has 0 atom stereocenters. The Morgan fingerprint density at radius 1 is 1.00 bits per heavy atom. The summed E-state index contributed by atoms with van der Waals surface area (Å²) < 4.78 is 0. The summed E-state index contributed by atoms with van der Waals surface area (Å²) in [6, 6.07) is 20.7. The zero-order valence-electron chi connectivity index (χ0n) is 16.6. The van der Waals surface area contributed by atoms with E-state index in [1.54, 1.807) is 0 Å². The molecule has 0 saturated heterocycles. The van der Waals surface area contributed by atoms with Gasteiger partial charge < -0.3 is 11.1 Å². The molecule has 3 aromatic rings. The lowest BCUT2D eigenvalue weighted by Crippen LogP contribution is -2.24. The van der Waals surface area contributed by atoms with Gasteiger partial charge in [0, 0.05) is 30.0 Å². The van der Waals surface area contributed by atoms with Crippen LogP contribution in [0.4, 0.5) is 5.69 Å². The molecule has 3 N–H and O–H groups in total. The minimum atomic E-state index is -0.392. The molecule has 1 aromatic heterocycles. The molecular weight excluding hydrogens is 358 g/mol. The van der Waals surface area contributed by atoms with Crippen molar-refractivity contribution in [2.75, 3.05) is 5.32 Å². The lowest BCUT2D eigenvalue weighted by molar-refractivity contribution is 0.100. The molecule has 0 radical (unpaired) electrons. The number of anilines is 1. The van der Waals surface area contributed by atoms with E-state index in [1.165, 1.54) is 24.8 Å². The van der Waals surface area contributed by atoms with Crippen molar-refractivity contribution in [2.24, 2.45) is 5.73 Å². The summed E-state index contributed by atoms with van der Waals surface area (Å²) in [5.74, 6) is -0.392. The maximum absolute atomic E-state index is 12.0. The zero-order chi connectivity index (χ0) is 20.1. The standard InChI is InChI=1S/C25H27N3O/c26-25(29)23-14-13-19(17-24(23)28-20-9-2-1-3-10-20)22-12-5-4-8-18(22)16-21-11-6-7-15-27-21/h4-8,11-15,17,20,28H,1-3,9-10,16H2,(H2,26,29). The number of hydrogen-bond acceptors (Lipinski definition) is 3. The van der Waals surface area contributed by atoms with E-state index < -0.39 is 5.91 Å². The van der Waals surface area contributed by atoms with E-state index in [4.69, 9.17) is 5.73 Å². The lowest BCUT2D eigenvalue weighted by Gasteiger charge is -2.25. The summed E-state index contributed by atoms with van der Waals surface area (Å²) in [6.45, 7) is 0. The highest BCUT2D eigenvalue weighted by Gasteiger charge is 2.17. The Bertz CT molecular complexity index is 978. The number of amides is 1. The highest BCUT2D eigenvalue weighted by molar-refractivity contribution is 5.99. The zero-order valence-corrected chi connectivity index (χ0v) is 16.6. The normalized spacial score (nSPS) is 14.5. The van der Waals surface area contributed by atoms with Crippen LogP contribution < -0.4 is 11.1 Å². The molecule has 1 aliphatic carbocycles. The molecule has 0 unspecified atom stereocenters. The van der Waals surface area contributed by atoms with E-state index in [2.05, 4.69) is 34.6 Å². The topological polar surface area (TPSA) is 68.0 Å². The fourth-order valence-corrected chi connectivity index (χ4v) is 4.17. The third kappa shape index (κ3) is 4.65. The molecule has 0 bridgehead atoms. The SMILES string of the molecule is NC(=O)c1ccc(-c2ccccc2Cc2ccccn2)cc1NC1CCCCC1. The van der Waals surface area contributed by atoms with Crippen molar-refractivity contribution >= 4 is 11.6 Å². The van der Waals surface area contributed by atoms with Crippen LogP contribution in [0.3, 0.4) is 0 Å². The maximum atomic E-state index is 12.0. The highest BCUT2D eigenvalue weighted by atomic mass is 16.1. The van der Waals surface area contributed by atoms with Gasteiger partial charge in [0.15, 0.2) is 0 Å². The van der Waals surface area contributed by atoms with E-state index in [0.29, 0.717) is 11.6 Å². The van der Waals surface area contributed by atoms with Gasteiger partial charge in [-0.05, 0) is 53.8 Å². The number of nitrogens with two attached hydrogens (primary N) is 1. The number of benzene rings is 2. The van der Waals surface area contributed by atoms with Crippen LogP contribution in [0.25, 0.3) is 11.1 Å². The number of primary amides is 1. The second kappa shape index (κ2) is 8.91. The van der Waals surface area contributed by atoms with Gasteiger partial charge in [0.05, 0.1) is 5.56 Å². The lowest BCUT2D eigenvalue weighted by atomic mass is 9.93. The predicted molar refractivity (Wildman–Crippen MR) is 118 cm³/mol. The number of hydrogen-bond donors (Lipinski definition) is 2. The number of pyridine rings is 1. The molecule has 1 fully saturated rings. The van der Waals surface area contributed by atoms with Gasteiger partial charge in [0.25, 0.3) is 5.91 Å². The predicted octanol–water partition coefficient (Wildman–Crippen LogP) is 5.18. The molecule has 4 rings (SSSR count). The Morgan fingerprint density at radius 3 is 2.55 bits per heavy atom. The first kappa shape index (κ1) is 19.2. The van der Waals surface area contributed by atoms with Crippen LogP contribution in [0.1, 0.15) is 53.7 Å². The van der Waals surface area contributed by atoms with Crippen LogP contribution in [0.5, 0.6) is 0 Å². The molecular formula is C25H27N3O. The van der Waals surface area contributed by atoms with Crippen LogP contribution in [0.15, 0.2) is 66.9 Å². The fraction of sp³-hybridized carbons (Fsp3) is 0.280. The van der Waals surface area contributed by atoms with Gasteiger partial charge in [-0.1, -0.05) is 55.7 Å². The number of nitrogens with zero attached hydrogens (tertiary/aromatic N) is 1. The number of aromatic nitrogens is 1. The third-order valence-corrected chi connectivity index (χ3v) is 5.68. The summed E-state index contributed by atoms with van der Waals surface area (Å²) in [7, 11) is 0. The quantitative estimate of drug-likeness (QED) is 0.614. The minimum Gasteiger partial charge on any atom is -0.382 e. The molecule has 4 heteroatoms. The summed E-state index contributed by atoms with van der Waals surface area (Å²) >= 11 is 0. The van der Waals surface area contributed by atoms with Gasteiger partial charge >= 0.3 is 0 Å². The molecule has 0 aliphatic heterocycles. The van der Waals surface area contributed by atoms with Gasteiger partial charge in [0.2, 0.25) is 0 Å². The molecule has 0 spiro atoms. The number of carbonyl (C=O) groups excluding carboxylic acids is 1. The molecule has 2 aromatic carbocycles. The molecule has 29 heavy (non-hydrogen) atoms. The number of nitrogens with one attached hydrogen (secondary N) is 1. The van der Waals surface area contributed by atoms with Crippen molar-refractivity contribution in [3.05, 3.63) is 83.7 Å². The van der Waals surface area contributed by atoms with Crippen molar-refractivity contribution in [3.63, 3.8) is 0 Å². The van der Waals surface area contributed by atoms with Crippen molar-refractivity contribution in [2.45, 2.75) is 44.6 Å². The van der Waals surface area contributed by atoms with E-state index in [0.717, 1.165) is 41.8 Å². The summed E-state index contributed by atoms with van der Waals surface area (Å²) in [5, 5.41) is 3.60. The van der Waals surface area contributed by atoms with Gasteiger partial charge in [-0.3, -0.25) is 9.78 Å². The van der Waals surface area contributed by atoms with Crippen LogP contribution >= 0.6 is 0 Å². The summed E-state index contributed by atoms with van der Waals surface area (Å²) in [6.07, 6.45) is 8.62. The van der Waals surface area contributed by atoms with Crippen molar-refractivity contribution in [1.82, 2.24) is 4.98 Å². The Hall–Kier alpha value is -3.14. The van der Waals surface area contributed by atoms with Crippen LogP contribution in [0.2, 0.25) is 0 Å². The molecule has 148 valence electrons. The Balaban J connectivity index is 1.68. The molecule has 1 amide bonds. The van der Waals surface area contributed by atoms with Crippen LogP contribution in [-0.2, 0) is 6.42 Å². The van der Waals surface area contributed by atoms with E-state index in [-0.39, 0.29) is 0 Å². The van der Waals surface area contributed by atoms with Gasteiger partial charge in [-0.2, -0.15) is 0 Å². The molecule has 1 saturated carbocycles. The molecule has 1 heterocycles. The Labute approximate surface area is 172 Å². The first-order valence-electron chi connectivity index (χ1n) is 10.4. The average Bonchev–Trinajstić information content (AvgIpc) is 2.75. The Morgan fingerprint density at radius 2 is 1.79 bits per heavy atom. The van der Waals surface area contributed by atoms with E-state index in [9.17, 15) is 4.79 Å². The van der Waals surface area contributed by atoms with Gasteiger partial charge in [0.1, 0.15) is 0 Å². The van der Waals surface area contributed by atoms with Crippen molar-refractivity contribution in [1.29, 1.82) is 0 Å². The largest absolute Gasteiger partial charge is 0.382 e. The first-order chi connectivity index (χ1) is 14.2. The summed E-state index contributed by atoms with van der Waals surface area (Å²) in [4.78, 5) is 16.5. The minimum absolute atomic E-state index is 0.392. The van der Waals surface area contributed by atoms with Crippen LogP contribution in [-0.4, -0.2) is 16.9 Å². The maximum Gasteiger partial charge on any atom is 0.250 e. The van der Waals surface area contributed by atoms with Crippen molar-refractivity contribution in [3.8, 4) is 11.1 Å². The fourth-order valence-electron chi connectivity index (χ4n) is 4.17. The Kier molecular flexibility index (Phi) is 5.89. The van der Waals surface area contributed by atoms with E-state index >= 15 is 0 Å². The van der Waals surface area contributed by atoms with Gasteiger partial charge in [-0.25, -0.2) is 0 Å². The second-order valence-corrected chi connectivity index (χ2v) is 7.76. The second-order valence-electron chi connectivity index (χ2n) is 7.76. The van der Waals surface area contributed by atoms with E-state index in [1.807, 2.05) is 42.6 Å². The third-order valence-electron chi connectivity index (χ3n) is 5.68.